The Morgan fingerprint density at radius 2 is 2.00 bits per heavy atom. The van der Waals surface area contributed by atoms with E-state index >= 15 is 0 Å². The van der Waals surface area contributed by atoms with Crippen LogP contribution in [0.5, 0.6) is 0 Å². The molecule has 0 radical (unpaired) electrons. The standard InChI is InChI=1S/C26H31FN6/c27-21-5-1-3-18(13-21)24-14-20(15-29-24)23-6-7-26-30-16-25(33(26)31-23)19-4-2-12-32(17-19)22-8-10-28-11-9-22/h1,3-7,13,16,20,22,24,28-29H,2,8-12,14-15,17H2/t20?,24-/m1/s1. The highest BCUT2D eigenvalue weighted by molar-refractivity contribution is 5.67. The van der Waals surface area contributed by atoms with Gasteiger partial charge in [0.2, 0.25) is 0 Å². The fourth-order valence-corrected chi connectivity index (χ4v) is 5.70. The molecule has 0 bridgehead atoms. The molecule has 2 aromatic heterocycles. The molecule has 6 rings (SSSR count). The first-order chi connectivity index (χ1) is 16.2. The van der Waals surface area contributed by atoms with Crippen molar-refractivity contribution in [1.82, 2.24) is 30.1 Å². The molecule has 3 aromatic rings. The summed E-state index contributed by atoms with van der Waals surface area (Å²) in [5.74, 6) is 0.115. The Morgan fingerprint density at radius 3 is 2.88 bits per heavy atom. The van der Waals surface area contributed by atoms with Crippen LogP contribution in [0.3, 0.4) is 0 Å². The van der Waals surface area contributed by atoms with Crippen molar-refractivity contribution in [2.75, 3.05) is 32.7 Å². The molecule has 2 fully saturated rings. The number of nitrogens with zero attached hydrogens (tertiary/aromatic N) is 4. The maximum absolute atomic E-state index is 13.7. The van der Waals surface area contributed by atoms with Crippen LogP contribution in [-0.2, 0) is 0 Å². The third kappa shape index (κ3) is 4.21. The summed E-state index contributed by atoms with van der Waals surface area (Å²) in [6.45, 7) is 5.19. The molecule has 2 saturated heterocycles. The molecule has 2 N–H and O–H groups in total. The third-order valence-electron chi connectivity index (χ3n) is 7.52. The molecule has 0 spiro atoms. The minimum atomic E-state index is -0.181. The van der Waals surface area contributed by atoms with Gasteiger partial charge in [0, 0.05) is 37.6 Å². The van der Waals surface area contributed by atoms with E-state index in [1.807, 2.05) is 16.8 Å². The number of nitrogens with one attached hydrogen (secondary N) is 2. The fraction of sp³-hybridized carbons (Fsp3) is 0.462. The molecular weight excluding hydrogens is 415 g/mol. The Morgan fingerprint density at radius 1 is 1.09 bits per heavy atom. The van der Waals surface area contributed by atoms with Gasteiger partial charge in [-0.3, -0.25) is 4.90 Å². The molecule has 172 valence electrons. The normalized spacial score (nSPS) is 24.9. The van der Waals surface area contributed by atoms with Crippen molar-refractivity contribution in [3.8, 4) is 0 Å². The summed E-state index contributed by atoms with van der Waals surface area (Å²) in [7, 11) is 0. The zero-order valence-electron chi connectivity index (χ0n) is 18.9. The summed E-state index contributed by atoms with van der Waals surface area (Å²) in [6, 6.07) is 11.9. The molecule has 0 aliphatic carbocycles. The SMILES string of the molecule is Fc1cccc([C@H]2CC(c3ccc4ncc(C5=CCCN(C6CCNCC6)C5)n4n3)CN2)c1. The van der Waals surface area contributed by atoms with Crippen LogP contribution in [0.1, 0.15) is 54.6 Å². The van der Waals surface area contributed by atoms with Gasteiger partial charge in [-0.1, -0.05) is 18.2 Å². The van der Waals surface area contributed by atoms with Gasteiger partial charge in [-0.2, -0.15) is 5.10 Å². The van der Waals surface area contributed by atoms with Crippen molar-refractivity contribution in [2.45, 2.75) is 43.7 Å². The molecule has 33 heavy (non-hydrogen) atoms. The quantitative estimate of drug-likeness (QED) is 0.642. The monoisotopic (exact) mass is 446 g/mol. The molecule has 2 atom stereocenters. The van der Waals surface area contributed by atoms with E-state index < -0.39 is 0 Å². The Bertz CT molecular complexity index is 1160. The fourth-order valence-electron chi connectivity index (χ4n) is 5.70. The van der Waals surface area contributed by atoms with Gasteiger partial charge in [-0.25, -0.2) is 13.9 Å². The number of halogens is 1. The second-order valence-electron chi connectivity index (χ2n) is 9.59. The Labute approximate surface area is 193 Å². The van der Waals surface area contributed by atoms with Gasteiger partial charge < -0.3 is 10.6 Å². The highest BCUT2D eigenvalue weighted by Gasteiger charge is 2.29. The van der Waals surface area contributed by atoms with Crippen LogP contribution in [-0.4, -0.2) is 58.3 Å². The highest BCUT2D eigenvalue weighted by atomic mass is 19.1. The second-order valence-corrected chi connectivity index (χ2v) is 9.59. The summed E-state index contributed by atoms with van der Waals surface area (Å²) in [6.07, 6.45) is 8.79. The Balaban J connectivity index is 1.23. The van der Waals surface area contributed by atoms with Gasteiger partial charge in [-0.05, 0) is 74.2 Å². The van der Waals surface area contributed by atoms with E-state index in [1.54, 1.807) is 12.1 Å². The zero-order valence-corrected chi connectivity index (χ0v) is 18.9. The summed E-state index contributed by atoms with van der Waals surface area (Å²) in [5.41, 5.74) is 5.41. The molecule has 3 aliphatic rings. The predicted octanol–water partition coefficient (Wildman–Crippen LogP) is 3.53. The van der Waals surface area contributed by atoms with Crippen LogP contribution in [0, 0.1) is 5.82 Å². The van der Waals surface area contributed by atoms with Gasteiger partial charge in [0.25, 0.3) is 0 Å². The number of hydrogen-bond acceptors (Lipinski definition) is 5. The summed E-state index contributed by atoms with van der Waals surface area (Å²) < 4.78 is 15.7. The van der Waals surface area contributed by atoms with E-state index in [1.165, 1.54) is 24.5 Å². The average molecular weight is 447 g/mol. The van der Waals surface area contributed by atoms with E-state index in [4.69, 9.17) is 5.10 Å². The van der Waals surface area contributed by atoms with Crippen molar-refractivity contribution < 1.29 is 4.39 Å². The van der Waals surface area contributed by atoms with Crippen molar-refractivity contribution in [1.29, 1.82) is 0 Å². The van der Waals surface area contributed by atoms with Crippen LogP contribution < -0.4 is 10.6 Å². The molecule has 6 nitrogen and oxygen atoms in total. The van der Waals surface area contributed by atoms with Gasteiger partial charge in [0.05, 0.1) is 17.6 Å². The number of aromatic nitrogens is 3. The van der Waals surface area contributed by atoms with E-state index in [0.29, 0.717) is 12.0 Å². The van der Waals surface area contributed by atoms with Crippen molar-refractivity contribution in [3.05, 3.63) is 71.4 Å². The summed E-state index contributed by atoms with van der Waals surface area (Å²) in [4.78, 5) is 7.29. The largest absolute Gasteiger partial charge is 0.317 e. The molecule has 3 aliphatic heterocycles. The van der Waals surface area contributed by atoms with Gasteiger partial charge >= 0.3 is 0 Å². The first-order valence-electron chi connectivity index (χ1n) is 12.2. The van der Waals surface area contributed by atoms with E-state index in [-0.39, 0.29) is 11.9 Å². The minimum absolute atomic E-state index is 0.157. The van der Waals surface area contributed by atoms with Gasteiger partial charge in [0.1, 0.15) is 5.82 Å². The van der Waals surface area contributed by atoms with Gasteiger partial charge in [-0.15, -0.1) is 0 Å². The maximum Gasteiger partial charge on any atom is 0.154 e. The predicted molar refractivity (Wildman–Crippen MR) is 128 cm³/mol. The van der Waals surface area contributed by atoms with E-state index in [9.17, 15) is 4.39 Å². The second kappa shape index (κ2) is 8.97. The molecule has 1 unspecified atom stereocenters. The number of fused-ring (bicyclic) bond motifs is 1. The van der Waals surface area contributed by atoms with Crippen LogP contribution in [0.4, 0.5) is 4.39 Å². The zero-order chi connectivity index (χ0) is 22.2. The Hall–Kier alpha value is -2.61. The van der Waals surface area contributed by atoms with E-state index in [0.717, 1.165) is 68.2 Å². The third-order valence-corrected chi connectivity index (χ3v) is 7.52. The molecular formula is C26H31FN6. The summed E-state index contributed by atoms with van der Waals surface area (Å²) >= 11 is 0. The molecule has 5 heterocycles. The topological polar surface area (TPSA) is 57.5 Å². The molecule has 1 aromatic carbocycles. The van der Waals surface area contributed by atoms with Crippen molar-refractivity contribution in [3.63, 3.8) is 0 Å². The van der Waals surface area contributed by atoms with Gasteiger partial charge in [0.15, 0.2) is 5.65 Å². The van der Waals surface area contributed by atoms with Crippen LogP contribution in [0.2, 0.25) is 0 Å². The number of rotatable bonds is 4. The number of benzene rings is 1. The lowest BCUT2D eigenvalue weighted by Gasteiger charge is -2.37. The first-order valence-corrected chi connectivity index (χ1v) is 12.2. The van der Waals surface area contributed by atoms with Crippen LogP contribution in [0.15, 0.2) is 48.7 Å². The number of hydrogen-bond donors (Lipinski definition) is 2. The number of piperidine rings is 1. The molecule has 7 heteroatoms. The highest BCUT2D eigenvalue weighted by Crippen LogP contribution is 2.33. The van der Waals surface area contributed by atoms with Crippen LogP contribution in [0.25, 0.3) is 11.2 Å². The molecule has 0 amide bonds. The molecule has 0 saturated carbocycles. The number of imidazole rings is 1. The van der Waals surface area contributed by atoms with Crippen LogP contribution >= 0.6 is 0 Å². The average Bonchev–Trinajstić information content (AvgIpc) is 3.52. The van der Waals surface area contributed by atoms with E-state index in [2.05, 4.69) is 38.7 Å². The van der Waals surface area contributed by atoms with Crippen molar-refractivity contribution >= 4 is 11.2 Å². The lowest BCUT2D eigenvalue weighted by molar-refractivity contribution is 0.180. The lowest BCUT2D eigenvalue weighted by Crippen LogP contribution is -2.45. The first kappa shape index (κ1) is 21.0. The lowest BCUT2D eigenvalue weighted by atomic mass is 9.97. The smallest absolute Gasteiger partial charge is 0.154 e. The minimum Gasteiger partial charge on any atom is -0.317 e. The maximum atomic E-state index is 13.7. The van der Waals surface area contributed by atoms with Crippen molar-refractivity contribution in [2.24, 2.45) is 0 Å². The summed E-state index contributed by atoms with van der Waals surface area (Å²) in [5, 5.41) is 12.1. The Kier molecular flexibility index (Phi) is 5.70.